The van der Waals surface area contributed by atoms with E-state index in [4.69, 9.17) is 16.3 Å². The fourth-order valence-electron chi connectivity index (χ4n) is 1.50. The molecule has 0 aromatic heterocycles. The first-order valence-electron chi connectivity index (χ1n) is 6.32. The molecule has 0 bridgehead atoms. The van der Waals surface area contributed by atoms with E-state index in [1.807, 2.05) is 18.2 Å². The van der Waals surface area contributed by atoms with Crippen molar-refractivity contribution in [1.82, 2.24) is 5.32 Å². The second-order valence-corrected chi connectivity index (χ2v) is 6.01. The molecule has 102 valence electrons. The largest absolute Gasteiger partial charge is 0.381 e. The van der Waals surface area contributed by atoms with Crippen LogP contribution in [0.3, 0.4) is 0 Å². The Bertz CT molecular complexity index is 358. The smallest absolute Gasteiger partial charge is 0.0548 e. The van der Waals surface area contributed by atoms with E-state index in [0.29, 0.717) is 5.92 Å². The van der Waals surface area contributed by atoms with Crippen molar-refractivity contribution in [1.29, 1.82) is 0 Å². The minimum Gasteiger partial charge on any atom is -0.381 e. The van der Waals surface area contributed by atoms with Crippen LogP contribution in [0.25, 0.3) is 0 Å². The van der Waals surface area contributed by atoms with Crippen LogP contribution in [-0.2, 0) is 11.3 Å². The van der Waals surface area contributed by atoms with Gasteiger partial charge in [-0.25, -0.2) is 0 Å². The van der Waals surface area contributed by atoms with Crippen molar-refractivity contribution >= 4 is 27.5 Å². The number of nitrogens with one attached hydrogen (secondary N) is 1. The molecule has 1 aromatic carbocycles. The first-order chi connectivity index (χ1) is 8.59. The summed E-state index contributed by atoms with van der Waals surface area (Å²) in [6, 6.07) is 5.99. The molecule has 0 fully saturated rings. The third-order valence-electron chi connectivity index (χ3n) is 2.41. The van der Waals surface area contributed by atoms with E-state index in [2.05, 4.69) is 35.1 Å². The fraction of sp³-hybridized carbons (Fsp3) is 0.571. The first-order valence-corrected chi connectivity index (χ1v) is 7.49. The van der Waals surface area contributed by atoms with Crippen LogP contribution in [0.15, 0.2) is 22.7 Å². The number of hydrogen-bond acceptors (Lipinski definition) is 2. The summed E-state index contributed by atoms with van der Waals surface area (Å²) < 4.78 is 6.47. The van der Waals surface area contributed by atoms with Crippen LogP contribution < -0.4 is 5.32 Å². The summed E-state index contributed by atoms with van der Waals surface area (Å²) in [4.78, 5) is 0. The van der Waals surface area contributed by atoms with E-state index < -0.39 is 0 Å². The number of benzene rings is 1. The molecular formula is C14H21BrClNO. The van der Waals surface area contributed by atoms with E-state index >= 15 is 0 Å². The van der Waals surface area contributed by atoms with E-state index in [9.17, 15) is 0 Å². The molecule has 1 aromatic rings. The van der Waals surface area contributed by atoms with Crippen LogP contribution in [0.2, 0.25) is 5.02 Å². The molecule has 1 N–H and O–H groups in total. The standard InChI is InChI=1S/C14H21BrClNO/c1-11(2)10-18-7-3-6-17-9-12-4-5-14(16)13(15)8-12/h4-5,8,11,17H,3,6-7,9-10H2,1-2H3. The lowest BCUT2D eigenvalue weighted by Gasteiger charge is -2.08. The summed E-state index contributed by atoms with van der Waals surface area (Å²) in [6.07, 6.45) is 1.04. The second kappa shape index (κ2) is 8.92. The molecule has 18 heavy (non-hydrogen) atoms. The molecule has 4 heteroatoms. The monoisotopic (exact) mass is 333 g/mol. The number of halogens is 2. The molecule has 0 amide bonds. The lowest BCUT2D eigenvalue weighted by Crippen LogP contribution is -2.17. The Hall–Kier alpha value is -0.0900. The molecule has 0 atom stereocenters. The van der Waals surface area contributed by atoms with Gasteiger partial charge in [0.05, 0.1) is 5.02 Å². The van der Waals surface area contributed by atoms with Crippen LogP contribution in [-0.4, -0.2) is 19.8 Å². The van der Waals surface area contributed by atoms with Crippen molar-refractivity contribution in [3.63, 3.8) is 0 Å². The molecule has 0 spiro atoms. The van der Waals surface area contributed by atoms with Crippen molar-refractivity contribution in [2.75, 3.05) is 19.8 Å². The van der Waals surface area contributed by atoms with Gasteiger partial charge in [0.1, 0.15) is 0 Å². The summed E-state index contributed by atoms with van der Waals surface area (Å²) >= 11 is 9.36. The van der Waals surface area contributed by atoms with E-state index in [0.717, 1.165) is 42.2 Å². The Balaban J connectivity index is 2.09. The highest BCUT2D eigenvalue weighted by molar-refractivity contribution is 9.10. The van der Waals surface area contributed by atoms with Gasteiger partial charge in [-0.15, -0.1) is 0 Å². The van der Waals surface area contributed by atoms with Gasteiger partial charge in [0, 0.05) is 24.2 Å². The Morgan fingerprint density at radius 1 is 1.39 bits per heavy atom. The second-order valence-electron chi connectivity index (χ2n) is 4.75. The topological polar surface area (TPSA) is 21.3 Å². The Morgan fingerprint density at radius 2 is 2.17 bits per heavy atom. The average molecular weight is 335 g/mol. The average Bonchev–Trinajstić information content (AvgIpc) is 2.32. The maximum atomic E-state index is 5.94. The minimum absolute atomic E-state index is 0.615. The summed E-state index contributed by atoms with van der Waals surface area (Å²) in [5, 5.41) is 4.14. The normalized spacial score (nSPS) is 11.2. The minimum atomic E-state index is 0.615. The third kappa shape index (κ3) is 6.74. The predicted molar refractivity (Wildman–Crippen MR) is 81.1 cm³/mol. The number of ether oxygens (including phenoxy) is 1. The molecule has 0 unspecified atom stereocenters. The number of hydrogen-bond donors (Lipinski definition) is 1. The molecule has 2 nitrogen and oxygen atoms in total. The molecule has 0 heterocycles. The molecule has 0 saturated heterocycles. The zero-order chi connectivity index (χ0) is 13.4. The van der Waals surface area contributed by atoms with Gasteiger partial charge in [0.15, 0.2) is 0 Å². The van der Waals surface area contributed by atoms with Crippen molar-refractivity contribution in [3.05, 3.63) is 33.3 Å². The molecule has 0 aliphatic heterocycles. The zero-order valence-electron chi connectivity index (χ0n) is 11.0. The van der Waals surface area contributed by atoms with E-state index in [1.54, 1.807) is 0 Å². The van der Waals surface area contributed by atoms with Gasteiger partial charge in [-0.3, -0.25) is 0 Å². The maximum Gasteiger partial charge on any atom is 0.0548 e. The molecule has 0 radical (unpaired) electrons. The third-order valence-corrected chi connectivity index (χ3v) is 3.62. The lowest BCUT2D eigenvalue weighted by atomic mass is 10.2. The van der Waals surface area contributed by atoms with E-state index in [1.165, 1.54) is 5.56 Å². The Kier molecular flexibility index (Phi) is 7.91. The molecular weight excluding hydrogens is 314 g/mol. The van der Waals surface area contributed by atoms with Gasteiger partial charge in [0.2, 0.25) is 0 Å². The van der Waals surface area contributed by atoms with Crippen LogP contribution in [0.4, 0.5) is 0 Å². The molecule has 0 saturated carbocycles. The molecule has 1 rings (SSSR count). The van der Waals surface area contributed by atoms with Crippen molar-refractivity contribution in [3.8, 4) is 0 Å². The zero-order valence-corrected chi connectivity index (χ0v) is 13.4. The van der Waals surface area contributed by atoms with Gasteiger partial charge in [-0.2, -0.15) is 0 Å². The van der Waals surface area contributed by atoms with Crippen molar-refractivity contribution in [2.45, 2.75) is 26.8 Å². The van der Waals surface area contributed by atoms with Gasteiger partial charge in [-0.05, 0) is 52.5 Å². The SMILES string of the molecule is CC(C)COCCCNCc1ccc(Cl)c(Br)c1. The first kappa shape index (κ1) is 16.0. The Morgan fingerprint density at radius 3 is 2.83 bits per heavy atom. The van der Waals surface area contributed by atoms with Crippen molar-refractivity contribution < 1.29 is 4.74 Å². The van der Waals surface area contributed by atoms with Crippen LogP contribution in [0, 0.1) is 5.92 Å². The predicted octanol–water partition coefficient (Wildman–Crippen LogP) is 4.25. The summed E-state index contributed by atoms with van der Waals surface area (Å²) in [7, 11) is 0. The maximum absolute atomic E-state index is 5.94. The Labute approximate surface area is 123 Å². The van der Waals surface area contributed by atoms with Gasteiger partial charge < -0.3 is 10.1 Å². The van der Waals surface area contributed by atoms with Crippen LogP contribution in [0.5, 0.6) is 0 Å². The summed E-state index contributed by atoms with van der Waals surface area (Å²) in [5.74, 6) is 0.615. The van der Waals surface area contributed by atoms with Gasteiger partial charge in [0.25, 0.3) is 0 Å². The highest BCUT2D eigenvalue weighted by atomic mass is 79.9. The lowest BCUT2D eigenvalue weighted by molar-refractivity contribution is 0.108. The quantitative estimate of drug-likeness (QED) is 0.717. The fourth-order valence-corrected chi connectivity index (χ4v) is 2.04. The van der Waals surface area contributed by atoms with E-state index in [-0.39, 0.29) is 0 Å². The van der Waals surface area contributed by atoms with Gasteiger partial charge in [-0.1, -0.05) is 31.5 Å². The summed E-state index contributed by atoms with van der Waals surface area (Å²) in [5.41, 5.74) is 1.23. The molecule has 0 aliphatic rings. The highest BCUT2D eigenvalue weighted by Crippen LogP contribution is 2.22. The highest BCUT2D eigenvalue weighted by Gasteiger charge is 1.99. The summed E-state index contributed by atoms with van der Waals surface area (Å²) in [6.45, 7) is 7.84. The van der Waals surface area contributed by atoms with Gasteiger partial charge >= 0.3 is 0 Å². The number of rotatable bonds is 8. The molecule has 0 aliphatic carbocycles. The van der Waals surface area contributed by atoms with Crippen LogP contribution >= 0.6 is 27.5 Å². The van der Waals surface area contributed by atoms with Crippen molar-refractivity contribution in [2.24, 2.45) is 5.92 Å². The van der Waals surface area contributed by atoms with Crippen LogP contribution in [0.1, 0.15) is 25.8 Å².